The topological polar surface area (TPSA) is 55.6 Å². The summed E-state index contributed by atoms with van der Waals surface area (Å²) in [7, 11) is 0. The minimum atomic E-state index is 0.800. The van der Waals surface area contributed by atoms with Gasteiger partial charge in [-0.2, -0.15) is 10.2 Å². The SMILES string of the molecule is CCCNCc1c(CC)nn(-c2ccc(C)nn2)c1CC. The zero-order chi connectivity index (χ0) is 15.2. The summed E-state index contributed by atoms with van der Waals surface area (Å²) in [6, 6.07) is 3.96. The molecule has 0 saturated heterocycles. The van der Waals surface area contributed by atoms with Crippen LogP contribution in [-0.2, 0) is 19.4 Å². The van der Waals surface area contributed by atoms with E-state index in [4.69, 9.17) is 5.10 Å². The van der Waals surface area contributed by atoms with Crippen LogP contribution in [0.25, 0.3) is 5.82 Å². The maximum Gasteiger partial charge on any atom is 0.175 e. The Morgan fingerprint density at radius 1 is 1.10 bits per heavy atom. The van der Waals surface area contributed by atoms with Crippen molar-refractivity contribution >= 4 is 0 Å². The second kappa shape index (κ2) is 7.31. The van der Waals surface area contributed by atoms with Gasteiger partial charge in [-0.05, 0) is 44.9 Å². The van der Waals surface area contributed by atoms with Crippen molar-refractivity contribution in [2.75, 3.05) is 6.54 Å². The first-order chi connectivity index (χ1) is 10.2. The number of aromatic nitrogens is 4. The van der Waals surface area contributed by atoms with Crippen molar-refractivity contribution in [3.63, 3.8) is 0 Å². The molecule has 0 radical (unpaired) electrons. The number of nitrogens with one attached hydrogen (secondary N) is 1. The summed E-state index contributed by atoms with van der Waals surface area (Å²) in [6.07, 6.45) is 3.01. The first kappa shape index (κ1) is 15.6. The van der Waals surface area contributed by atoms with Gasteiger partial charge in [0.2, 0.25) is 0 Å². The Kier molecular flexibility index (Phi) is 5.44. The number of rotatable bonds is 7. The third-order valence-electron chi connectivity index (χ3n) is 3.57. The van der Waals surface area contributed by atoms with Crippen LogP contribution in [0.1, 0.15) is 49.8 Å². The smallest absolute Gasteiger partial charge is 0.175 e. The molecule has 0 aliphatic carbocycles. The average Bonchev–Trinajstić information content (AvgIpc) is 2.86. The minimum absolute atomic E-state index is 0.800. The Labute approximate surface area is 126 Å². The number of aryl methyl sites for hydroxylation is 2. The summed E-state index contributed by atoms with van der Waals surface area (Å²) in [6.45, 7) is 10.3. The Morgan fingerprint density at radius 2 is 1.90 bits per heavy atom. The highest BCUT2D eigenvalue weighted by molar-refractivity contribution is 5.33. The summed E-state index contributed by atoms with van der Waals surface area (Å²) in [5.41, 5.74) is 4.62. The van der Waals surface area contributed by atoms with Crippen molar-refractivity contribution in [3.05, 3.63) is 34.8 Å². The van der Waals surface area contributed by atoms with Crippen molar-refractivity contribution in [2.24, 2.45) is 0 Å². The molecule has 5 heteroatoms. The van der Waals surface area contributed by atoms with Crippen LogP contribution in [0.2, 0.25) is 0 Å². The fraction of sp³-hybridized carbons (Fsp3) is 0.562. The lowest BCUT2D eigenvalue weighted by Crippen LogP contribution is -2.16. The Balaban J connectivity index is 2.39. The molecule has 114 valence electrons. The van der Waals surface area contributed by atoms with Gasteiger partial charge in [0, 0.05) is 12.1 Å². The van der Waals surface area contributed by atoms with E-state index in [-0.39, 0.29) is 0 Å². The summed E-state index contributed by atoms with van der Waals surface area (Å²) in [5.74, 6) is 0.800. The van der Waals surface area contributed by atoms with Crippen LogP contribution >= 0.6 is 0 Å². The van der Waals surface area contributed by atoms with Crippen LogP contribution < -0.4 is 5.32 Å². The molecule has 0 unspecified atom stereocenters. The number of hydrogen-bond donors (Lipinski definition) is 1. The van der Waals surface area contributed by atoms with E-state index in [0.29, 0.717) is 0 Å². The van der Waals surface area contributed by atoms with Crippen molar-refractivity contribution in [2.45, 2.75) is 53.5 Å². The van der Waals surface area contributed by atoms with Gasteiger partial charge >= 0.3 is 0 Å². The molecular weight excluding hydrogens is 262 g/mol. The van der Waals surface area contributed by atoms with Gasteiger partial charge in [-0.25, -0.2) is 4.68 Å². The second-order valence-corrected chi connectivity index (χ2v) is 5.20. The van der Waals surface area contributed by atoms with Crippen molar-refractivity contribution in [1.82, 2.24) is 25.3 Å². The van der Waals surface area contributed by atoms with Crippen molar-refractivity contribution in [3.8, 4) is 5.82 Å². The molecule has 5 nitrogen and oxygen atoms in total. The van der Waals surface area contributed by atoms with Gasteiger partial charge in [0.15, 0.2) is 5.82 Å². The van der Waals surface area contributed by atoms with E-state index in [0.717, 1.165) is 49.6 Å². The molecule has 0 aliphatic rings. The van der Waals surface area contributed by atoms with E-state index >= 15 is 0 Å². The average molecular weight is 287 g/mol. The van der Waals surface area contributed by atoms with Crippen LogP contribution in [0, 0.1) is 6.92 Å². The predicted molar refractivity (Wildman–Crippen MR) is 84.6 cm³/mol. The largest absolute Gasteiger partial charge is 0.313 e. The van der Waals surface area contributed by atoms with Crippen molar-refractivity contribution in [1.29, 1.82) is 0 Å². The van der Waals surface area contributed by atoms with E-state index in [9.17, 15) is 0 Å². The molecule has 0 amide bonds. The maximum absolute atomic E-state index is 4.75. The van der Waals surface area contributed by atoms with E-state index in [1.807, 2.05) is 23.7 Å². The molecule has 0 aliphatic heterocycles. The van der Waals surface area contributed by atoms with Crippen LogP contribution in [0.3, 0.4) is 0 Å². The molecule has 0 fully saturated rings. The first-order valence-electron chi connectivity index (χ1n) is 7.82. The summed E-state index contributed by atoms with van der Waals surface area (Å²) in [4.78, 5) is 0. The van der Waals surface area contributed by atoms with Gasteiger partial charge in [0.1, 0.15) is 0 Å². The highest BCUT2D eigenvalue weighted by Crippen LogP contribution is 2.19. The standard InChI is InChI=1S/C16H25N5/c1-5-10-17-11-13-14(6-2)20-21(15(13)7-3)16-9-8-12(4)18-19-16/h8-9,17H,5-7,10-11H2,1-4H3. The van der Waals surface area contributed by atoms with Gasteiger partial charge in [-0.15, -0.1) is 5.10 Å². The summed E-state index contributed by atoms with van der Waals surface area (Å²) < 4.78 is 1.95. The van der Waals surface area contributed by atoms with Gasteiger partial charge in [-0.1, -0.05) is 20.8 Å². The number of hydrogen-bond acceptors (Lipinski definition) is 4. The minimum Gasteiger partial charge on any atom is -0.313 e. The molecule has 0 aromatic carbocycles. The third kappa shape index (κ3) is 3.47. The van der Waals surface area contributed by atoms with E-state index in [2.05, 4.69) is 36.3 Å². The molecule has 2 rings (SSSR count). The highest BCUT2D eigenvalue weighted by atomic mass is 15.4. The molecule has 2 aromatic heterocycles. The van der Waals surface area contributed by atoms with Gasteiger partial charge in [0.25, 0.3) is 0 Å². The lowest BCUT2D eigenvalue weighted by atomic mass is 10.1. The van der Waals surface area contributed by atoms with Crippen molar-refractivity contribution < 1.29 is 0 Å². The highest BCUT2D eigenvalue weighted by Gasteiger charge is 2.17. The molecule has 1 N–H and O–H groups in total. The Morgan fingerprint density at radius 3 is 2.48 bits per heavy atom. The van der Waals surface area contributed by atoms with Crippen LogP contribution in [-0.4, -0.2) is 26.5 Å². The quantitative estimate of drug-likeness (QED) is 0.795. The lowest BCUT2D eigenvalue weighted by Gasteiger charge is -2.08. The maximum atomic E-state index is 4.75. The number of nitrogens with zero attached hydrogens (tertiary/aromatic N) is 4. The summed E-state index contributed by atoms with van der Waals surface area (Å²) in [5, 5.41) is 16.7. The van der Waals surface area contributed by atoms with E-state index in [1.165, 1.54) is 11.3 Å². The molecule has 21 heavy (non-hydrogen) atoms. The monoisotopic (exact) mass is 287 g/mol. The molecule has 0 atom stereocenters. The fourth-order valence-electron chi connectivity index (χ4n) is 2.47. The molecule has 0 bridgehead atoms. The molecule has 2 aromatic rings. The van der Waals surface area contributed by atoms with Gasteiger partial charge in [-0.3, -0.25) is 0 Å². The molecular formula is C16H25N5. The predicted octanol–water partition coefficient (Wildman–Crippen LogP) is 2.60. The molecule has 2 heterocycles. The van der Waals surface area contributed by atoms with E-state index < -0.39 is 0 Å². The molecule has 0 spiro atoms. The van der Waals surface area contributed by atoms with Gasteiger partial charge < -0.3 is 5.32 Å². The van der Waals surface area contributed by atoms with E-state index in [1.54, 1.807) is 0 Å². The lowest BCUT2D eigenvalue weighted by molar-refractivity contribution is 0.666. The Bertz CT molecular complexity index is 571. The van der Waals surface area contributed by atoms with Crippen LogP contribution in [0.4, 0.5) is 0 Å². The third-order valence-corrected chi connectivity index (χ3v) is 3.57. The Hall–Kier alpha value is -1.75. The van der Waals surface area contributed by atoms with Crippen LogP contribution in [0.5, 0.6) is 0 Å². The first-order valence-corrected chi connectivity index (χ1v) is 7.82. The normalized spacial score (nSPS) is 11.0. The zero-order valence-corrected chi connectivity index (χ0v) is 13.5. The fourth-order valence-corrected chi connectivity index (χ4v) is 2.47. The molecule has 0 saturated carbocycles. The van der Waals surface area contributed by atoms with Gasteiger partial charge in [0.05, 0.1) is 17.1 Å². The zero-order valence-electron chi connectivity index (χ0n) is 13.5. The summed E-state index contributed by atoms with van der Waals surface area (Å²) >= 11 is 0. The second-order valence-electron chi connectivity index (χ2n) is 5.20. The van der Waals surface area contributed by atoms with Crippen LogP contribution in [0.15, 0.2) is 12.1 Å².